The molecule has 0 aliphatic heterocycles. The fraction of sp³-hybridized carbons (Fsp3) is 0.233. The van der Waals surface area contributed by atoms with Crippen LogP contribution in [-0.2, 0) is 17.8 Å². The van der Waals surface area contributed by atoms with Crippen LogP contribution in [0.2, 0.25) is 5.02 Å². The van der Waals surface area contributed by atoms with E-state index in [0.29, 0.717) is 44.7 Å². The van der Waals surface area contributed by atoms with Crippen molar-refractivity contribution in [2.45, 2.75) is 40.2 Å². The Labute approximate surface area is 215 Å². The summed E-state index contributed by atoms with van der Waals surface area (Å²) in [4.78, 5) is 40.1. The van der Waals surface area contributed by atoms with Gasteiger partial charge in [-0.25, -0.2) is 4.79 Å². The van der Waals surface area contributed by atoms with E-state index in [1.165, 1.54) is 0 Å². The number of Topliss-reactive ketones (excluding diaryl/α,β-unsaturated/α-hetero) is 1. The minimum atomic E-state index is -0.507. The molecule has 0 spiro atoms. The maximum atomic E-state index is 13.8. The predicted octanol–water partition coefficient (Wildman–Crippen LogP) is 7.13. The standard InChI is InChI=1S/C30H28ClNO4/c1-4-10-25-27(28(33)19(2)3)23-16-15-21(30(35)36-18-20-11-6-5-7-12-20)17-26(23)32(25)29(34)22-13-8-9-14-24(22)31/h5-9,11-17,19H,4,10,18H2,1-3H3. The minimum absolute atomic E-state index is 0.0476. The molecule has 6 heteroatoms. The van der Waals surface area contributed by atoms with Crippen LogP contribution in [0.25, 0.3) is 10.9 Å². The molecule has 0 aliphatic carbocycles. The van der Waals surface area contributed by atoms with Crippen molar-refractivity contribution in [3.05, 3.63) is 106 Å². The molecule has 0 fully saturated rings. The van der Waals surface area contributed by atoms with Crippen molar-refractivity contribution < 1.29 is 19.1 Å². The third-order valence-corrected chi connectivity index (χ3v) is 6.41. The number of esters is 1. The Morgan fingerprint density at radius 3 is 2.31 bits per heavy atom. The van der Waals surface area contributed by atoms with Crippen LogP contribution in [0.3, 0.4) is 0 Å². The molecule has 0 aliphatic rings. The second-order valence-electron chi connectivity index (χ2n) is 9.00. The van der Waals surface area contributed by atoms with Gasteiger partial charge in [0, 0.05) is 22.6 Å². The molecule has 0 bridgehead atoms. The Morgan fingerprint density at radius 1 is 0.944 bits per heavy atom. The van der Waals surface area contributed by atoms with Crippen LogP contribution in [0.4, 0.5) is 0 Å². The van der Waals surface area contributed by atoms with Crippen LogP contribution in [0, 0.1) is 5.92 Å². The van der Waals surface area contributed by atoms with E-state index in [1.54, 1.807) is 47.0 Å². The molecule has 184 valence electrons. The molecule has 0 amide bonds. The largest absolute Gasteiger partial charge is 0.457 e. The number of carbonyl (C=O) groups excluding carboxylic acids is 3. The number of halogens is 1. The van der Waals surface area contributed by atoms with Crippen LogP contribution in [0.1, 0.15) is 69.5 Å². The van der Waals surface area contributed by atoms with Gasteiger partial charge in [-0.05, 0) is 36.2 Å². The Hall–Kier alpha value is -3.70. The van der Waals surface area contributed by atoms with Crippen LogP contribution < -0.4 is 0 Å². The van der Waals surface area contributed by atoms with Gasteiger partial charge in [-0.15, -0.1) is 0 Å². The third-order valence-electron chi connectivity index (χ3n) is 6.08. The van der Waals surface area contributed by atoms with Gasteiger partial charge in [0.2, 0.25) is 0 Å². The monoisotopic (exact) mass is 501 g/mol. The van der Waals surface area contributed by atoms with Gasteiger partial charge in [0.25, 0.3) is 5.91 Å². The maximum absolute atomic E-state index is 13.8. The van der Waals surface area contributed by atoms with Crippen molar-refractivity contribution in [2.24, 2.45) is 5.92 Å². The average molecular weight is 502 g/mol. The zero-order chi connectivity index (χ0) is 25.8. The number of ketones is 1. The molecule has 0 saturated heterocycles. The summed E-state index contributed by atoms with van der Waals surface area (Å²) in [5, 5.41) is 0.958. The molecule has 5 nitrogen and oxygen atoms in total. The number of fused-ring (bicyclic) bond motifs is 1. The van der Waals surface area contributed by atoms with Crippen molar-refractivity contribution in [3.63, 3.8) is 0 Å². The average Bonchev–Trinajstić information content (AvgIpc) is 3.20. The normalized spacial score (nSPS) is 11.1. The van der Waals surface area contributed by atoms with Gasteiger partial charge < -0.3 is 4.74 Å². The van der Waals surface area contributed by atoms with Crippen LogP contribution in [0.15, 0.2) is 72.8 Å². The summed E-state index contributed by atoms with van der Waals surface area (Å²) in [5.41, 5.74) is 3.14. The Morgan fingerprint density at radius 2 is 1.64 bits per heavy atom. The second-order valence-corrected chi connectivity index (χ2v) is 9.41. The summed E-state index contributed by atoms with van der Waals surface area (Å²) in [7, 11) is 0. The zero-order valence-corrected chi connectivity index (χ0v) is 21.3. The van der Waals surface area contributed by atoms with Crippen molar-refractivity contribution in [1.29, 1.82) is 0 Å². The fourth-order valence-corrected chi connectivity index (χ4v) is 4.51. The Balaban J connectivity index is 1.87. The van der Waals surface area contributed by atoms with Gasteiger partial charge >= 0.3 is 5.97 Å². The highest BCUT2D eigenvalue weighted by atomic mass is 35.5. The number of benzene rings is 3. The first-order chi connectivity index (χ1) is 17.3. The zero-order valence-electron chi connectivity index (χ0n) is 20.6. The highest BCUT2D eigenvalue weighted by Gasteiger charge is 2.28. The van der Waals surface area contributed by atoms with Gasteiger partial charge in [-0.3, -0.25) is 14.2 Å². The second kappa shape index (κ2) is 10.9. The number of aromatic nitrogens is 1. The van der Waals surface area contributed by atoms with E-state index in [-0.39, 0.29) is 24.2 Å². The lowest BCUT2D eigenvalue weighted by Crippen LogP contribution is -2.18. The number of ether oxygens (including phenoxy) is 1. The van der Waals surface area contributed by atoms with E-state index >= 15 is 0 Å². The Bertz CT molecular complexity index is 1440. The van der Waals surface area contributed by atoms with Gasteiger partial charge in [0.1, 0.15) is 6.61 Å². The summed E-state index contributed by atoms with van der Waals surface area (Å²) in [6.07, 6.45) is 1.25. The summed E-state index contributed by atoms with van der Waals surface area (Å²) >= 11 is 6.38. The van der Waals surface area contributed by atoms with Crippen molar-refractivity contribution in [2.75, 3.05) is 0 Å². The van der Waals surface area contributed by atoms with Crippen LogP contribution >= 0.6 is 11.6 Å². The third kappa shape index (κ3) is 4.98. The lowest BCUT2D eigenvalue weighted by Gasteiger charge is -2.12. The molecular formula is C30H28ClNO4. The lowest BCUT2D eigenvalue weighted by atomic mass is 9.96. The Kier molecular flexibility index (Phi) is 7.70. The topological polar surface area (TPSA) is 65.4 Å². The van der Waals surface area contributed by atoms with E-state index in [1.807, 2.05) is 51.1 Å². The molecule has 1 heterocycles. The predicted molar refractivity (Wildman–Crippen MR) is 142 cm³/mol. The van der Waals surface area contributed by atoms with Gasteiger partial charge in [-0.2, -0.15) is 0 Å². The smallest absolute Gasteiger partial charge is 0.338 e. The van der Waals surface area contributed by atoms with Crippen LogP contribution in [-0.4, -0.2) is 22.2 Å². The fourth-order valence-electron chi connectivity index (χ4n) is 4.30. The minimum Gasteiger partial charge on any atom is -0.457 e. The molecule has 0 atom stereocenters. The molecule has 0 unspecified atom stereocenters. The number of carbonyl (C=O) groups is 3. The summed E-state index contributed by atoms with van der Waals surface area (Å²) in [6.45, 7) is 5.81. The number of hydrogen-bond acceptors (Lipinski definition) is 4. The van der Waals surface area contributed by atoms with Gasteiger partial charge in [0.05, 0.1) is 21.7 Å². The van der Waals surface area contributed by atoms with E-state index < -0.39 is 5.97 Å². The summed E-state index contributed by atoms with van der Waals surface area (Å²) in [5.74, 6) is -1.15. The van der Waals surface area contributed by atoms with Crippen molar-refractivity contribution in [3.8, 4) is 0 Å². The summed E-state index contributed by atoms with van der Waals surface area (Å²) < 4.78 is 7.06. The first-order valence-electron chi connectivity index (χ1n) is 12.0. The van der Waals surface area contributed by atoms with Crippen molar-refractivity contribution >= 4 is 40.2 Å². The van der Waals surface area contributed by atoms with Crippen LogP contribution in [0.5, 0.6) is 0 Å². The highest BCUT2D eigenvalue weighted by molar-refractivity contribution is 6.34. The first-order valence-corrected chi connectivity index (χ1v) is 12.4. The lowest BCUT2D eigenvalue weighted by molar-refractivity contribution is 0.0472. The summed E-state index contributed by atoms with van der Waals surface area (Å²) in [6, 6.07) is 21.3. The molecule has 4 rings (SSSR count). The van der Waals surface area contributed by atoms with Crippen molar-refractivity contribution in [1.82, 2.24) is 4.57 Å². The number of hydrogen-bond donors (Lipinski definition) is 0. The van der Waals surface area contributed by atoms with E-state index in [0.717, 1.165) is 12.0 Å². The quantitative estimate of drug-likeness (QED) is 0.190. The molecule has 0 radical (unpaired) electrons. The molecule has 1 aromatic heterocycles. The first kappa shape index (κ1) is 25.4. The number of rotatable bonds is 8. The molecule has 3 aromatic carbocycles. The SMILES string of the molecule is CCCc1c(C(=O)C(C)C)c2ccc(C(=O)OCc3ccccc3)cc2n1C(=O)c1ccccc1Cl. The molecular weight excluding hydrogens is 474 g/mol. The van der Waals surface area contributed by atoms with Gasteiger partial charge in [-0.1, -0.05) is 87.3 Å². The highest BCUT2D eigenvalue weighted by Crippen LogP contribution is 2.32. The number of nitrogens with zero attached hydrogens (tertiary/aromatic N) is 1. The molecule has 0 N–H and O–H groups in total. The molecule has 4 aromatic rings. The van der Waals surface area contributed by atoms with E-state index in [9.17, 15) is 14.4 Å². The molecule has 0 saturated carbocycles. The molecule has 36 heavy (non-hydrogen) atoms. The van der Waals surface area contributed by atoms with E-state index in [2.05, 4.69) is 0 Å². The van der Waals surface area contributed by atoms with E-state index in [4.69, 9.17) is 16.3 Å². The maximum Gasteiger partial charge on any atom is 0.338 e. The van der Waals surface area contributed by atoms with Gasteiger partial charge in [0.15, 0.2) is 5.78 Å².